The van der Waals surface area contributed by atoms with E-state index in [1.54, 1.807) is 0 Å². The Hall–Kier alpha value is -0.540. The minimum Gasteiger partial charge on any atom is -0.384 e. The number of piperidine rings is 1. The van der Waals surface area contributed by atoms with Crippen molar-refractivity contribution in [2.24, 2.45) is 5.92 Å². The molecule has 0 saturated carbocycles. The molecule has 16 heavy (non-hydrogen) atoms. The molecule has 0 aromatic heterocycles. The highest BCUT2D eigenvalue weighted by Crippen LogP contribution is 2.24. The summed E-state index contributed by atoms with van der Waals surface area (Å²) in [5, 5.41) is 6.95. The summed E-state index contributed by atoms with van der Waals surface area (Å²) in [6, 6.07) is 6.44. The van der Waals surface area contributed by atoms with Crippen LogP contribution in [0.15, 0.2) is 22.7 Å². The van der Waals surface area contributed by atoms with E-state index >= 15 is 0 Å². The van der Waals surface area contributed by atoms with E-state index in [1.807, 2.05) is 0 Å². The topological polar surface area (TPSA) is 24.1 Å². The van der Waals surface area contributed by atoms with Crippen molar-refractivity contribution in [2.75, 3.05) is 25.0 Å². The highest BCUT2D eigenvalue weighted by molar-refractivity contribution is 9.10. The number of nitrogens with one attached hydrogen (secondary N) is 2. The van der Waals surface area contributed by atoms with Crippen molar-refractivity contribution < 1.29 is 0 Å². The maximum Gasteiger partial charge on any atom is 0.0487 e. The van der Waals surface area contributed by atoms with Crippen molar-refractivity contribution in [3.63, 3.8) is 0 Å². The summed E-state index contributed by atoms with van der Waals surface area (Å²) in [5.74, 6) is 0.814. The SMILES string of the molecule is Cc1ccc(Br)c(NCC2CCNCC2)c1. The lowest BCUT2D eigenvalue weighted by Gasteiger charge is -2.23. The van der Waals surface area contributed by atoms with Gasteiger partial charge in [0.1, 0.15) is 0 Å². The Kier molecular flexibility index (Phi) is 4.24. The zero-order valence-corrected chi connectivity index (χ0v) is 11.3. The molecule has 0 unspecified atom stereocenters. The van der Waals surface area contributed by atoms with Crippen molar-refractivity contribution >= 4 is 21.6 Å². The first kappa shape index (κ1) is 11.9. The van der Waals surface area contributed by atoms with Gasteiger partial charge in [0.2, 0.25) is 0 Å². The predicted molar refractivity (Wildman–Crippen MR) is 73.0 cm³/mol. The average molecular weight is 283 g/mol. The molecule has 1 aliphatic rings. The Balaban J connectivity index is 1.90. The van der Waals surface area contributed by atoms with Crippen LogP contribution in [0, 0.1) is 12.8 Å². The number of rotatable bonds is 3. The van der Waals surface area contributed by atoms with Gasteiger partial charge in [0.05, 0.1) is 0 Å². The lowest BCUT2D eigenvalue weighted by atomic mass is 9.98. The van der Waals surface area contributed by atoms with Crippen molar-refractivity contribution in [3.8, 4) is 0 Å². The lowest BCUT2D eigenvalue weighted by Crippen LogP contribution is -2.31. The second kappa shape index (κ2) is 5.69. The summed E-state index contributed by atoms with van der Waals surface area (Å²) in [5.41, 5.74) is 2.52. The van der Waals surface area contributed by atoms with E-state index in [0.29, 0.717) is 0 Å². The third-order valence-corrected chi connectivity index (χ3v) is 3.85. The van der Waals surface area contributed by atoms with Gasteiger partial charge in [-0.25, -0.2) is 0 Å². The fraction of sp³-hybridized carbons (Fsp3) is 0.538. The molecular weight excluding hydrogens is 264 g/mol. The van der Waals surface area contributed by atoms with E-state index in [2.05, 4.69) is 51.7 Å². The third kappa shape index (κ3) is 3.22. The van der Waals surface area contributed by atoms with E-state index in [-0.39, 0.29) is 0 Å². The van der Waals surface area contributed by atoms with Gasteiger partial charge < -0.3 is 10.6 Å². The molecule has 1 fully saturated rings. The van der Waals surface area contributed by atoms with Crippen LogP contribution in [0.1, 0.15) is 18.4 Å². The van der Waals surface area contributed by atoms with E-state index in [0.717, 1.165) is 16.9 Å². The van der Waals surface area contributed by atoms with Crippen LogP contribution >= 0.6 is 15.9 Å². The Morgan fingerprint density at radius 3 is 2.88 bits per heavy atom. The van der Waals surface area contributed by atoms with Gasteiger partial charge in [-0.15, -0.1) is 0 Å². The van der Waals surface area contributed by atoms with E-state index in [9.17, 15) is 0 Å². The second-order valence-corrected chi connectivity index (χ2v) is 5.41. The van der Waals surface area contributed by atoms with Crippen LogP contribution in [-0.2, 0) is 0 Å². The number of anilines is 1. The molecule has 1 heterocycles. The third-order valence-electron chi connectivity index (χ3n) is 3.16. The first-order valence-corrected chi connectivity index (χ1v) is 6.76. The summed E-state index contributed by atoms with van der Waals surface area (Å²) < 4.78 is 1.16. The van der Waals surface area contributed by atoms with Crippen LogP contribution in [0.3, 0.4) is 0 Å². The van der Waals surface area contributed by atoms with E-state index in [4.69, 9.17) is 0 Å². The quantitative estimate of drug-likeness (QED) is 0.890. The first-order valence-electron chi connectivity index (χ1n) is 5.96. The average Bonchev–Trinajstić information content (AvgIpc) is 2.32. The molecule has 1 saturated heterocycles. The number of hydrogen-bond acceptors (Lipinski definition) is 2. The summed E-state index contributed by atoms with van der Waals surface area (Å²) in [6.07, 6.45) is 2.58. The Bertz CT molecular complexity index is 346. The minimum atomic E-state index is 0.814. The first-order chi connectivity index (χ1) is 7.75. The number of aryl methyl sites for hydroxylation is 1. The molecule has 0 aliphatic carbocycles. The van der Waals surface area contributed by atoms with Crippen molar-refractivity contribution in [2.45, 2.75) is 19.8 Å². The zero-order chi connectivity index (χ0) is 11.4. The lowest BCUT2D eigenvalue weighted by molar-refractivity contribution is 0.390. The summed E-state index contributed by atoms with van der Waals surface area (Å²) in [7, 11) is 0. The van der Waals surface area contributed by atoms with Gasteiger partial charge in [0.25, 0.3) is 0 Å². The van der Waals surface area contributed by atoms with Crippen LogP contribution in [-0.4, -0.2) is 19.6 Å². The molecule has 88 valence electrons. The fourth-order valence-corrected chi connectivity index (χ4v) is 2.50. The smallest absolute Gasteiger partial charge is 0.0487 e. The Morgan fingerprint density at radius 1 is 1.38 bits per heavy atom. The Labute approximate surface area is 106 Å². The summed E-state index contributed by atoms with van der Waals surface area (Å²) in [6.45, 7) is 5.55. The van der Waals surface area contributed by atoms with Crippen LogP contribution in [0.5, 0.6) is 0 Å². The zero-order valence-electron chi connectivity index (χ0n) is 9.72. The van der Waals surface area contributed by atoms with Gasteiger partial charge >= 0.3 is 0 Å². The highest BCUT2D eigenvalue weighted by atomic mass is 79.9. The molecule has 1 aromatic rings. The van der Waals surface area contributed by atoms with Gasteiger partial charge in [-0.2, -0.15) is 0 Å². The molecule has 1 aliphatic heterocycles. The number of hydrogen-bond donors (Lipinski definition) is 2. The molecule has 2 rings (SSSR count). The maximum atomic E-state index is 3.58. The van der Waals surface area contributed by atoms with Gasteiger partial charge in [0.15, 0.2) is 0 Å². The molecule has 2 nitrogen and oxygen atoms in total. The van der Waals surface area contributed by atoms with Crippen molar-refractivity contribution in [1.29, 1.82) is 0 Å². The molecule has 1 aromatic carbocycles. The van der Waals surface area contributed by atoms with Crippen LogP contribution in [0.4, 0.5) is 5.69 Å². The highest BCUT2D eigenvalue weighted by Gasteiger charge is 2.12. The van der Waals surface area contributed by atoms with Crippen LogP contribution < -0.4 is 10.6 Å². The normalized spacial score (nSPS) is 17.4. The molecule has 0 amide bonds. The number of halogens is 1. The minimum absolute atomic E-state index is 0.814. The Morgan fingerprint density at radius 2 is 2.12 bits per heavy atom. The van der Waals surface area contributed by atoms with E-state index < -0.39 is 0 Å². The molecular formula is C13H19BrN2. The van der Waals surface area contributed by atoms with Gasteiger partial charge in [-0.05, 0) is 72.4 Å². The van der Waals surface area contributed by atoms with E-state index in [1.165, 1.54) is 37.2 Å². The largest absolute Gasteiger partial charge is 0.384 e. The predicted octanol–water partition coefficient (Wildman–Crippen LogP) is 3.17. The van der Waals surface area contributed by atoms with Gasteiger partial charge in [0, 0.05) is 16.7 Å². The van der Waals surface area contributed by atoms with Gasteiger partial charge in [-0.3, -0.25) is 0 Å². The molecule has 0 radical (unpaired) electrons. The maximum absolute atomic E-state index is 3.58. The van der Waals surface area contributed by atoms with Gasteiger partial charge in [-0.1, -0.05) is 6.07 Å². The summed E-state index contributed by atoms with van der Waals surface area (Å²) in [4.78, 5) is 0. The van der Waals surface area contributed by atoms with Crippen molar-refractivity contribution in [3.05, 3.63) is 28.2 Å². The summed E-state index contributed by atoms with van der Waals surface area (Å²) >= 11 is 3.58. The van der Waals surface area contributed by atoms with Crippen LogP contribution in [0.25, 0.3) is 0 Å². The number of benzene rings is 1. The molecule has 0 atom stereocenters. The van der Waals surface area contributed by atoms with Crippen LogP contribution in [0.2, 0.25) is 0 Å². The molecule has 3 heteroatoms. The van der Waals surface area contributed by atoms with Crippen molar-refractivity contribution in [1.82, 2.24) is 5.32 Å². The standard InChI is InChI=1S/C13H19BrN2/c1-10-2-3-12(14)13(8-10)16-9-11-4-6-15-7-5-11/h2-3,8,11,15-16H,4-7,9H2,1H3. The molecule has 0 bridgehead atoms. The monoisotopic (exact) mass is 282 g/mol. The molecule has 2 N–H and O–H groups in total. The molecule has 0 spiro atoms. The second-order valence-electron chi connectivity index (χ2n) is 4.56. The fourth-order valence-electron chi connectivity index (χ4n) is 2.11.